The minimum Gasteiger partial charge on any atom is -0.495 e. The van der Waals surface area contributed by atoms with E-state index >= 15 is 0 Å². The van der Waals surface area contributed by atoms with Crippen molar-refractivity contribution in [1.82, 2.24) is 0 Å². The number of sulfone groups is 1. The van der Waals surface area contributed by atoms with Gasteiger partial charge in [0.25, 0.3) is 11.6 Å². The Labute approximate surface area is 189 Å². The van der Waals surface area contributed by atoms with Crippen LogP contribution in [0.3, 0.4) is 0 Å². The van der Waals surface area contributed by atoms with Crippen LogP contribution in [0.1, 0.15) is 10.4 Å². The van der Waals surface area contributed by atoms with Crippen molar-refractivity contribution in [3.8, 4) is 5.75 Å². The molecule has 0 saturated carbocycles. The molecule has 3 rings (SSSR count). The van der Waals surface area contributed by atoms with Crippen molar-refractivity contribution in [1.29, 1.82) is 0 Å². The third-order valence-corrected chi connectivity index (χ3v) is 6.50. The summed E-state index contributed by atoms with van der Waals surface area (Å²) in [4.78, 5) is 23.1. The van der Waals surface area contributed by atoms with Crippen LogP contribution in [0.25, 0.3) is 0 Å². The molecule has 0 saturated heterocycles. The second-order valence-electron chi connectivity index (χ2n) is 6.74. The Hall–Kier alpha value is -3.96. The first kappa shape index (κ1) is 23.7. The van der Waals surface area contributed by atoms with Gasteiger partial charge in [-0.1, -0.05) is 18.2 Å². The number of non-ortho nitro benzene ring substituents is 1. The van der Waals surface area contributed by atoms with E-state index in [4.69, 9.17) is 4.74 Å². The van der Waals surface area contributed by atoms with Gasteiger partial charge in [-0.25, -0.2) is 8.42 Å². The SMILES string of the molecule is COc1ccccc1NC(=O)c1c(NCCO)cccc1S(=O)(=O)c1ccc([N+](=O)[O-])cc1. The second kappa shape index (κ2) is 10.1. The van der Waals surface area contributed by atoms with Gasteiger partial charge in [-0.3, -0.25) is 14.9 Å². The molecule has 0 bridgehead atoms. The van der Waals surface area contributed by atoms with Gasteiger partial charge in [-0.05, 0) is 36.4 Å². The Morgan fingerprint density at radius 2 is 1.70 bits per heavy atom. The maximum Gasteiger partial charge on any atom is 0.269 e. The van der Waals surface area contributed by atoms with Crippen LogP contribution in [-0.2, 0) is 9.84 Å². The highest BCUT2D eigenvalue weighted by Crippen LogP contribution is 2.32. The lowest BCUT2D eigenvalue weighted by Crippen LogP contribution is -2.20. The van der Waals surface area contributed by atoms with Gasteiger partial charge in [0.05, 0.1) is 39.7 Å². The minimum absolute atomic E-state index is 0.0793. The van der Waals surface area contributed by atoms with Crippen molar-refractivity contribution in [2.24, 2.45) is 0 Å². The Morgan fingerprint density at radius 3 is 2.33 bits per heavy atom. The summed E-state index contributed by atoms with van der Waals surface area (Å²) in [6, 6.07) is 15.3. The van der Waals surface area contributed by atoms with E-state index in [2.05, 4.69) is 10.6 Å². The molecule has 3 aromatic carbocycles. The fourth-order valence-electron chi connectivity index (χ4n) is 3.13. The number of aliphatic hydroxyl groups is 1. The maximum atomic E-state index is 13.4. The Morgan fingerprint density at radius 1 is 1.03 bits per heavy atom. The third kappa shape index (κ3) is 5.10. The summed E-state index contributed by atoms with van der Waals surface area (Å²) in [6.07, 6.45) is 0. The molecule has 0 unspecified atom stereocenters. The van der Waals surface area contributed by atoms with E-state index in [0.717, 1.165) is 24.3 Å². The molecule has 3 N–H and O–H groups in total. The van der Waals surface area contributed by atoms with Crippen molar-refractivity contribution in [3.63, 3.8) is 0 Å². The number of nitro groups is 1. The standard InChI is InChI=1S/C22H21N3O7S/c1-32-19-7-3-2-5-17(19)24-22(27)21-18(23-13-14-26)6-4-8-20(21)33(30,31)16-11-9-15(10-12-16)25(28)29/h2-12,23,26H,13-14H2,1H3,(H,24,27). The van der Waals surface area contributed by atoms with Crippen molar-refractivity contribution in [2.75, 3.05) is 30.9 Å². The normalized spacial score (nSPS) is 11.0. The molecule has 0 atom stereocenters. The van der Waals surface area contributed by atoms with Gasteiger partial charge >= 0.3 is 0 Å². The number of anilines is 2. The summed E-state index contributed by atoms with van der Waals surface area (Å²) in [6.45, 7) is -0.164. The predicted molar refractivity (Wildman–Crippen MR) is 122 cm³/mol. The fourth-order valence-corrected chi connectivity index (χ4v) is 4.61. The zero-order valence-corrected chi connectivity index (χ0v) is 18.3. The van der Waals surface area contributed by atoms with Gasteiger partial charge in [0, 0.05) is 24.4 Å². The van der Waals surface area contributed by atoms with Gasteiger partial charge in [-0.15, -0.1) is 0 Å². The molecule has 11 heteroatoms. The number of nitrogens with one attached hydrogen (secondary N) is 2. The molecule has 0 heterocycles. The maximum absolute atomic E-state index is 13.4. The van der Waals surface area contributed by atoms with Gasteiger partial charge in [-0.2, -0.15) is 0 Å². The van der Waals surface area contributed by atoms with Crippen molar-refractivity contribution in [3.05, 3.63) is 82.4 Å². The number of nitrogens with zero attached hydrogens (tertiary/aromatic N) is 1. The lowest BCUT2D eigenvalue weighted by molar-refractivity contribution is -0.384. The monoisotopic (exact) mass is 471 g/mol. The Kier molecular flexibility index (Phi) is 7.26. The number of carbonyl (C=O) groups is 1. The number of amides is 1. The number of benzene rings is 3. The number of methoxy groups -OCH3 is 1. The number of carbonyl (C=O) groups excluding carboxylic acids is 1. The van der Waals surface area contributed by atoms with Gasteiger partial charge in [0.1, 0.15) is 5.75 Å². The van der Waals surface area contributed by atoms with Crippen LogP contribution >= 0.6 is 0 Å². The average Bonchev–Trinajstić information content (AvgIpc) is 2.82. The first-order valence-corrected chi connectivity index (χ1v) is 11.2. The molecule has 0 radical (unpaired) electrons. The number of hydrogen-bond donors (Lipinski definition) is 3. The molecule has 0 aliphatic heterocycles. The van der Waals surface area contributed by atoms with Crippen LogP contribution in [0.15, 0.2) is 76.5 Å². The van der Waals surface area contributed by atoms with Gasteiger partial charge < -0.3 is 20.5 Å². The summed E-state index contributed by atoms with van der Waals surface area (Å²) >= 11 is 0. The smallest absolute Gasteiger partial charge is 0.269 e. The lowest BCUT2D eigenvalue weighted by Gasteiger charge is -2.17. The number of hydrogen-bond acceptors (Lipinski definition) is 8. The highest BCUT2D eigenvalue weighted by molar-refractivity contribution is 7.91. The van der Waals surface area contributed by atoms with Crippen LogP contribution in [0.4, 0.5) is 17.1 Å². The Balaban J connectivity index is 2.11. The average molecular weight is 471 g/mol. The topological polar surface area (TPSA) is 148 Å². The van der Waals surface area contributed by atoms with E-state index in [-0.39, 0.29) is 39.9 Å². The minimum atomic E-state index is -4.23. The number of aliphatic hydroxyl groups excluding tert-OH is 1. The van der Waals surface area contributed by atoms with E-state index in [9.17, 15) is 28.4 Å². The molecule has 10 nitrogen and oxygen atoms in total. The molecule has 172 valence electrons. The van der Waals surface area contributed by atoms with E-state index in [0.29, 0.717) is 11.4 Å². The first-order valence-electron chi connectivity index (χ1n) is 9.71. The van der Waals surface area contributed by atoms with E-state index < -0.39 is 20.7 Å². The largest absolute Gasteiger partial charge is 0.495 e. The second-order valence-corrected chi connectivity index (χ2v) is 8.66. The van der Waals surface area contributed by atoms with E-state index in [1.807, 2.05) is 0 Å². The number of rotatable bonds is 9. The molecule has 33 heavy (non-hydrogen) atoms. The molecule has 0 aromatic heterocycles. The highest BCUT2D eigenvalue weighted by Gasteiger charge is 2.28. The molecular weight excluding hydrogens is 450 g/mol. The Bertz CT molecular complexity index is 1280. The van der Waals surface area contributed by atoms with Crippen LogP contribution in [-0.4, -0.2) is 44.6 Å². The summed E-state index contributed by atoms with van der Waals surface area (Å²) < 4.78 is 32.0. The van der Waals surface area contributed by atoms with Crippen LogP contribution < -0.4 is 15.4 Å². The van der Waals surface area contributed by atoms with Crippen molar-refractivity contribution < 1.29 is 28.0 Å². The molecule has 0 fully saturated rings. The lowest BCUT2D eigenvalue weighted by atomic mass is 10.1. The van der Waals surface area contributed by atoms with Gasteiger partial charge in [0.15, 0.2) is 0 Å². The first-order chi connectivity index (χ1) is 15.8. The molecule has 3 aromatic rings. The summed E-state index contributed by atoms with van der Waals surface area (Å²) in [7, 11) is -2.79. The zero-order chi connectivity index (χ0) is 24.0. The van der Waals surface area contributed by atoms with Crippen LogP contribution in [0.5, 0.6) is 5.75 Å². The fraction of sp³-hybridized carbons (Fsp3) is 0.136. The molecule has 0 spiro atoms. The van der Waals surface area contributed by atoms with Crippen molar-refractivity contribution >= 4 is 32.8 Å². The molecule has 1 amide bonds. The molecule has 0 aliphatic rings. The van der Waals surface area contributed by atoms with Crippen LogP contribution in [0, 0.1) is 10.1 Å². The molecular formula is C22H21N3O7S. The summed E-state index contributed by atoms with van der Waals surface area (Å²) in [5, 5.41) is 25.6. The number of ether oxygens (including phenoxy) is 1. The predicted octanol–water partition coefficient (Wildman–Crippen LogP) is 3.09. The van der Waals surface area contributed by atoms with E-state index in [1.165, 1.54) is 25.3 Å². The quantitative estimate of drug-likeness (QED) is 0.318. The van der Waals surface area contributed by atoms with Crippen LogP contribution in [0.2, 0.25) is 0 Å². The van der Waals surface area contributed by atoms with Gasteiger partial charge in [0.2, 0.25) is 9.84 Å². The van der Waals surface area contributed by atoms with E-state index in [1.54, 1.807) is 24.3 Å². The zero-order valence-electron chi connectivity index (χ0n) is 17.5. The molecule has 0 aliphatic carbocycles. The summed E-state index contributed by atoms with van der Waals surface area (Å²) in [5.74, 6) is -0.340. The number of nitro benzene ring substituents is 1. The third-order valence-electron chi connectivity index (χ3n) is 4.68. The summed E-state index contributed by atoms with van der Waals surface area (Å²) in [5.41, 5.74) is 0.0942. The number of para-hydroxylation sites is 2. The highest BCUT2D eigenvalue weighted by atomic mass is 32.2. The van der Waals surface area contributed by atoms with Crippen molar-refractivity contribution in [2.45, 2.75) is 9.79 Å².